The van der Waals surface area contributed by atoms with E-state index in [-0.39, 0.29) is 22.5 Å². The van der Waals surface area contributed by atoms with Crippen molar-refractivity contribution < 1.29 is 22.9 Å². The Bertz CT molecular complexity index is 1920. The summed E-state index contributed by atoms with van der Waals surface area (Å²) in [6.45, 7) is 11.6. The molecule has 1 aliphatic rings. The molecule has 12 nitrogen and oxygen atoms in total. The number of aliphatic imine (C=N–C) groups is 1. The van der Waals surface area contributed by atoms with Gasteiger partial charge in [-0.25, -0.2) is 9.98 Å². The van der Waals surface area contributed by atoms with E-state index in [1.807, 2.05) is 26.0 Å². The van der Waals surface area contributed by atoms with Crippen molar-refractivity contribution in [3.05, 3.63) is 83.7 Å². The monoisotopic (exact) mass is 629 g/mol. The summed E-state index contributed by atoms with van der Waals surface area (Å²) < 4.78 is 32.1. The highest BCUT2D eigenvalue weighted by atomic mass is 32.2. The number of benzene rings is 3. The third kappa shape index (κ3) is 6.85. The van der Waals surface area contributed by atoms with E-state index in [0.717, 1.165) is 35.3 Å². The van der Waals surface area contributed by atoms with Gasteiger partial charge in [0, 0.05) is 41.0 Å². The summed E-state index contributed by atoms with van der Waals surface area (Å²) in [4.78, 5) is 25.7. The number of carbonyl (C=O) groups excluding carboxylic acids is 1. The minimum absolute atomic E-state index is 0.0752. The summed E-state index contributed by atoms with van der Waals surface area (Å²) in [7, 11) is -4.43. The molecule has 13 heteroatoms. The molecule has 0 saturated heterocycles. The van der Waals surface area contributed by atoms with E-state index in [0.29, 0.717) is 35.2 Å². The molecule has 0 spiro atoms. The Morgan fingerprint density at radius 1 is 1.07 bits per heavy atom. The highest BCUT2D eigenvalue weighted by Crippen LogP contribution is 2.31. The summed E-state index contributed by atoms with van der Waals surface area (Å²) in [5.74, 6) is 0.420. The van der Waals surface area contributed by atoms with Crippen molar-refractivity contribution in [2.24, 2.45) is 15.5 Å². The third-order valence-electron chi connectivity index (χ3n) is 7.26. The van der Waals surface area contributed by atoms with E-state index in [4.69, 9.17) is 15.1 Å². The number of aliphatic hydroxyl groups excluding tert-OH is 1. The van der Waals surface area contributed by atoms with Crippen LogP contribution < -0.4 is 10.2 Å². The molecule has 4 aromatic rings. The summed E-state index contributed by atoms with van der Waals surface area (Å²) in [6.07, 6.45) is 0. The van der Waals surface area contributed by atoms with Gasteiger partial charge in [-0.3, -0.25) is 9.35 Å². The predicted octanol–water partition coefficient (Wildman–Crippen LogP) is 4.96. The molecule has 3 aromatic carbocycles. The van der Waals surface area contributed by atoms with Gasteiger partial charge in [-0.05, 0) is 80.1 Å². The van der Waals surface area contributed by atoms with Gasteiger partial charge in [-0.15, -0.1) is 9.89 Å². The summed E-state index contributed by atoms with van der Waals surface area (Å²) in [5.41, 5.74) is 5.10. The first kappa shape index (κ1) is 31.7. The molecule has 0 aliphatic carbocycles. The van der Waals surface area contributed by atoms with Crippen molar-refractivity contribution in [3.63, 3.8) is 0 Å². The summed E-state index contributed by atoms with van der Waals surface area (Å²) >= 11 is 0. The number of rotatable bonds is 9. The van der Waals surface area contributed by atoms with Crippen molar-refractivity contribution in [3.8, 4) is 11.4 Å². The van der Waals surface area contributed by atoms with Gasteiger partial charge in [0.05, 0.1) is 22.9 Å². The minimum Gasteiger partial charge on any atom is -0.395 e. The number of nitrogens with one attached hydrogen (secondary N) is 1. The van der Waals surface area contributed by atoms with Crippen LogP contribution in [-0.4, -0.2) is 70.0 Å². The van der Waals surface area contributed by atoms with Gasteiger partial charge >= 0.3 is 0 Å². The van der Waals surface area contributed by atoms with Gasteiger partial charge in [0.2, 0.25) is 5.82 Å². The lowest BCUT2D eigenvalue weighted by Gasteiger charge is -2.23. The molecule has 234 valence electrons. The minimum atomic E-state index is -4.43. The molecule has 0 bridgehead atoms. The maximum absolute atomic E-state index is 12.7. The van der Waals surface area contributed by atoms with Gasteiger partial charge in [0.25, 0.3) is 16.0 Å². The van der Waals surface area contributed by atoms with E-state index in [2.05, 4.69) is 42.2 Å². The van der Waals surface area contributed by atoms with Gasteiger partial charge in [-0.2, -0.15) is 13.5 Å². The second-order valence-electron chi connectivity index (χ2n) is 11.6. The van der Waals surface area contributed by atoms with Crippen molar-refractivity contribution in [1.82, 2.24) is 14.9 Å². The predicted molar refractivity (Wildman–Crippen MR) is 174 cm³/mol. The normalized spacial score (nSPS) is 13.9. The highest BCUT2D eigenvalue weighted by Gasteiger charge is 2.35. The third-order valence-corrected chi connectivity index (χ3v) is 8.11. The lowest BCUT2D eigenvalue weighted by Crippen LogP contribution is -2.27. The van der Waals surface area contributed by atoms with Gasteiger partial charge in [-0.1, -0.05) is 26.8 Å². The Morgan fingerprint density at radius 2 is 1.80 bits per heavy atom. The molecular formula is C32H35N7O5S. The van der Waals surface area contributed by atoms with Crippen LogP contribution >= 0.6 is 0 Å². The largest absolute Gasteiger partial charge is 0.395 e. The second-order valence-corrected chi connectivity index (χ2v) is 13.0. The number of aryl methyl sites for hydroxylation is 1. The molecule has 0 atom stereocenters. The Balaban J connectivity index is 1.41. The van der Waals surface area contributed by atoms with Crippen molar-refractivity contribution >= 4 is 44.5 Å². The van der Waals surface area contributed by atoms with Crippen LogP contribution in [0, 0.1) is 12.3 Å². The molecule has 3 N–H and O–H groups in total. The van der Waals surface area contributed by atoms with E-state index in [1.54, 1.807) is 24.3 Å². The van der Waals surface area contributed by atoms with Crippen LogP contribution in [0.15, 0.2) is 81.7 Å². The average Bonchev–Trinajstić information content (AvgIpc) is 3.56. The maximum atomic E-state index is 12.7. The van der Waals surface area contributed by atoms with Crippen LogP contribution in [0.1, 0.15) is 49.4 Å². The zero-order valence-corrected chi connectivity index (χ0v) is 26.5. The molecule has 1 aromatic heterocycles. The standard InChI is InChI=1S/C32H35N7O5S/c1-6-38(16-17-40)24-14-15-26(20(2)18-24)34-27-28(32(3,4)5)36-39-30(27)35-29(37-39)21-10-12-23(13-11-21)33-31(41)22-8-7-9-25(19-22)45(42,43)44/h7-15,18-19,40H,6,16-17H2,1-5H3,(H,33,41)(H,42,43,44)/b34-27-. The van der Waals surface area contributed by atoms with Crippen molar-refractivity contribution in [1.29, 1.82) is 0 Å². The fraction of sp³-hybridized carbons (Fsp3) is 0.281. The number of aromatic nitrogens is 3. The van der Waals surface area contributed by atoms with Gasteiger partial charge in [0.1, 0.15) is 5.71 Å². The number of nitrogens with zero attached hydrogens (tertiary/aromatic N) is 6. The fourth-order valence-corrected chi connectivity index (χ4v) is 5.40. The number of carbonyl (C=O) groups is 1. The highest BCUT2D eigenvalue weighted by molar-refractivity contribution is 7.85. The van der Waals surface area contributed by atoms with Gasteiger partial charge < -0.3 is 15.3 Å². The van der Waals surface area contributed by atoms with Gasteiger partial charge in [0.15, 0.2) is 5.82 Å². The molecule has 1 amide bonds. The number of anilines is 2. The number of aliphatic hydroxyl groups is 1. The first-order chi connectivity index (χ1) is 21.3. The van der Waals surface area contributed by atoms with E-state index in [9.17, 15) is 22.9 Å². The topological polar surface area (TPSA) is 162 Å². The van der Waals surface area contributed by atoms with Crippen LogP contribution in [0.2, 0.25) is 0 Å². The van der Waals surface area contributed by atoms with E-state index in [1.165, 1.54) is 23.0 Å². The zero-order chi connectivity index (χ0) is 32.5. The Hall–Kier alpha value is -4.72. The molecule has 0 fully saturated rings. The number of fused-ring (bicyclic) bond motifs is 1. The summed E-state index contributed by atoms with van der Waals surface area (Å²) in [5, 5.41) is 21.5. The lowest BCUT2D eigenvalue weighted by atomic mass is 9.87. The average molecular weight is 630 g/mol. The lowest BCUT2D eigenvalue weighted by molar-refractivity contribution is 0.102. The van der Waals surface area contributed by atoms with E-state index < -0.39 is 16.0 Å². The van der Waals surface area contributed by atoms with Crippen LogP contribution in [-0.2, 0) is 10.1 Å². The molecule has 5 rings (SSSR count). The number of hydrogen-bond acceptors (Lipinski definition) is 9. The molecule has 2 heterocycles. The number of likely N-dealkylation sites (N-methyl/N-ethyl adjacent to an activating group) is 1. The van der Waals surface area contributed by atoms with E-state index >= 15 is 0 Å². The van der Waals surface area contributed by atoms with Crippen LogP contribution in [0.3, 0.4) is 0 Å². The quantitative estimate of drug-likeness (QED) is 0.219. The number of hydrogen-bond donors (Lipinski definition) is 3. The molecule has 45 heavy (non-hydrogen) atoms. The van der Waals surface area contributed by atoms with Crippen LogP contribution in [0.4, 0.5) is 17.1 Å². The molecule has 0 radical (unpaired) electrons. The maximum Gasteiger partial charge on any atom is 0.294 e. The number of amides is 1. The van der Waals surface area contributed by atoms with Crippen LogP contribution in [0.25, 0.3) is 11.4 Å². The molecular weight excluding hydrogens is 594 g/mol. The van der Waals surface area contributed by atoms with Crippen LogP contribution in [0.5, 0.6) is 0 Å². The SMILES string of the molecule is CCN(CCO)c1ccc(/N=C2/C(C(C)(C)C)=Nn3nc(-c4ccc(NC(=O)c5cccc(S(=O)(=O)O)c5)cc4)nc32)c(C)c1. The molecule has 0 unspecified atom stereocenters. The summed E-state index contributed by atoms with van der Waals surface area (Å²) in [6, 6.07) is 18.1. The smallest absolute Gasteiger partial charge is 0.294 e. The molecule has 1 aliphatic heterocycles. The first-order valence-electron chi connectivity index (χ1n) is 14.4. The zero-order valence-electron chi connectivity index (χ0n) is 25.7. The van der Waals surface area contributed by atoms with Crippen molar-refractivity contribution in [2.75, 3.05) is 29.9 Å². The van der Waals surface area contributed by atoms with Crippen molar-refractivity contribution in [2.45, 2.75) is 39.5 Å². The molecule has 0 saturated carbocycles. The Morgan fingerprint density at radius 3 is 2.42 bits per heavy atom. The fourth-order valence-electron chi connectivity index (χ4n) is 4.88. The second kappa shape index (κ2) is 12.3. The first-order valence-corrected chi connectivity index (χ1v) is 15.8. The Labute approximate surface area is 261 Å². The Kier molecular flexibility index (Phi) is 8.70.